The Morgan fingerprint density at radius 3 is 3.05 bits per heavy atom. The van der Waals surface area contributed by atoms with Crippen LogP contribution in [0.5, 0.6) is 0 Å². The monoisotopic (exact) mass is 292 g/mol. The van der Waals surface area contributed by atoms with E-state index in [2.05, 4.69) is 15.1 Å². The average Bonchev–Trinajstić information content (AvgIpc) is 2.89. The summed E-state index contributed by atoms with van der Waals surface area (Å²) in [6, 6.07) is 4.61. The molecule has 21 heavy (non-hydrogen) atoms. The lowest BCUT2D eigenvalue weighted by Gasteiger charge is -2.37. The van der Waals surface area contributed by atoms with Crippen LogP contribution in [0.4, 0.5) is 15.8 Å². The molecule has 2 aliphatic heterocycles. The Morgan fingerprint density at radius 2 is 2.24 bits per heavy atom. The number of nitrogens with zero attached hydrogens (tertiary/aromatic N) is 2. The Morgan fingerprint density at radius 1 is 1.38 bits per heavy atom. The highest BCUT2D eigenvalue weighted by atomic mass is 19.1. The van der Waals surface area contributed by atoms with Crippen LogP contribution < -0.4 is 11.1 Å². The molecule has 0 aromatic heterocycles. The number of anilines is 2. The molecular weight excluding hydrogens is 271 g/mol. The van der Waals surface area contributed by atoms with E-state index in [0.717, 1.165) is 19.6 Å². The third kappa shape index (κ3) is 3.33. The first kappa shape index (κ1) is 14.3. The topological polar surface area (TPSA) is 61.6 Å². The summed E-state index contributed by atoms with van der Waals surface area (Å²) in [5.74, 6) is -0.498. The summed E-state index contributed by atoms with van der Waals surface area (Å²) in [5, 5.41) is 2.76. The predicted molar refractivity (Wildman–Crippen MR) is 80.5 cm³/mol. The molecule has 1 amide bonds. The Kier molecular flexibility index (Phi) is 4.07. The third-order valence-corrected chi connectivity index (χ3v) is 4.33. The van der Waals surface area contributed by atoms with Crippen molar-refractivity contribution in [1.82, 2.24) is 9.80 Å². The molecule has 1 unspecified atom stereocenters. The number of fused-ring (bicyclic) bond motifs is 1. The van der Waals surface area contributed by atoms with E-state index in [1.54, 1.807) is 0 Å². The van der Waals surface area contributed by atoms with Crippen LogP contribution in [0.1, 0.15) is 12.8 Å². The number of amides is 1. The van der Waals surface area contributed by atoms with Crippen LogP contribution in [-0.4, -0.2) is 54.5 Å². The number of carbonyl (C=O) groups excluding carboxylic acids is 1. The number of carbonyl (C=O) groups is 1. The van der Waals surface area contributed by atoms with Crippen molar-refractivity contribution in [2.45, 2.75) is 18.9 Å². The molecule has 0 aliphatic carbocycles. The van der Waals surface area contributed by atoms with Gasteiger partial charge < -0.3 is 11.1 Å². The van der Waals surface area contributed by atoms with Crippen LogP contribution in [0.15, 0.2) is 18.2 Å². The van der Waals surface area contributed by atoms with Crippen LogP contribution >= 0.6 is 0 Å². The van der Waals surface area contributed by atoms with Crippen LogP contribution in [0.25, 0.3) is 0 Å². The molecule has 0 radical (unpaired) electrons. The van der Waals surface area contributed by atoms with Gasteiger partial charge in [-0.05, 0) is 37.6 Å². The molecule has 2 fully saturated rings. The fourth-order valence-corrected chi connectivity index (χ4v) is 3.24. The molecule has 114 valence electrons. The summed E-state index contributed by atoms with van der Waals surface area (Å²) in [7, 11) is 0. The summed E-state index contributed by atoms with van der Waals surface area (Å²) in [6.07, 6.45) is 2.49. The summed E-state index contributed by atoms with van der Waals surface area (Å²) in [6.45, 7) is 4.46. The molecule has 1 aromatic rings. The molecule has 0 bridgehead atoms. The van der Waals surface area contributed by atoms with E-state index in [9.17, 15) is 9.18 Å². The molecule has 3 N–H and O–H groups in total. The fraction of sp³-hybridized carbons (Fsp3) is 0.533. The minimum Gasteiger partial charge on any atom is -0.397 e. The van der Waals surface area contributed by atoms with E-state index in [1.165, 1.54) is 37.6 Å². The lowest BCUT2D eigenvalue weighted by atomic mass is 10.1. The van der Waals surface area contributed by atoms with E-state index in [0.29, 0.717) is 18.3 Å². The van der Waals surface area contributed by atoms with Gasteiger partial charge in [-0.2, -0.15) is 0 Å². The number of nitrogen functional groups attached to an aromatic ring is 1. The minimum absolute atomic E-state index is 0.0974. The molecule has 0 saturated carbocycles. The number of nitrogens with two attached hydrogens (primary N) is 1. The molecule has 2 saturated heterocycles. The zero-order valence-electron chi connectivity index (χ0n) is 12.0. The molecular formula is C15H21FN4O. The van der Waals surface area contributed by atoms with E-state index in [4.69, 9.17) is 5.73 Å². The third-order valence-electron chi connectivity index (χ3n) is 4.33. The van der Waals surface area contributed by atoms with Crippen molar-refractivity contribution in [3.63, 3.8) is 0 Å². The van der Waals surface area contributed by atoms with Gasteiger partial charge in [-0.25, -0.2) is 4.39 Å². The van der Waals surface area contributed by atoms with Crippen LogP contribution in [0.2, 0.25) is 0 Å². The Bertz CT molecular complexity index is 536. The summed E-state index contributed by atoms with van der Waals surface area (Å²) in [5.41, 5.74) is 6.42. The van der Waals surface area contributed by atoms with Crippen LogP contribution in [0, 0.1) is 5.82 Å². The molecule has 1 aromatic carbocycles. The smallest absolute Gasteiger partial charge is 0.238 e. The minimum atomic E-state index is -0.400. The first-order valence-electron chi connectivity index (χ1n) is 7.43. The van der Waals surface area contributed by atoms with Crippen molar-refractivity contribution in [3.05, 3.63) is 24.0 Å². The highest BCUT2D eigenvalue weighted by Crippen LogP contribution is 2.22. The molecule has 2 aliphatic rings. The molecule has 2 heterocycles. The molecule has 5 nitrogen and oxygen atoms in total. The Hall–Kier alpha value is -1.66. The summed E-state index contributed by atoms with van der Waals surface area (Å²) < 4.78 is 13.0. The van der Waals surface area contributed by atoms with Gasteiger partial charge in [0, 0.05) is 25.7 Å². The van der Waals surface area contributed by atoms with Crippen LogP contribution in [-0.2, 0) is 4.79 Å². The van der Waals surface area contributed by atoms with Crippen molar-refractivity contribution in [2.24, 2.45) is 0 Å². The maximum atomic E-state index is 13.0. The second kappa shape index (κ2) is 5.99. The van der Waals surface area contributed by atoms with Gasteiger partial charge in [0.2, 0.25) is 5.91 Å². The van der Waals surface area contributed by atoms with Gasteiger partial charge in [0.05, 0.1) is 17.9 Å². The molecule has 6 heteroatoms. The average molecular weight is 292 g/mol. The van der Waals surface area contributed by atoms with Crippen molar-refractivity contribution >= 4 is 17.3 Å². The quantitative estimate of drug-likeness (QED) is 0.820. The first-order valence-corrected chi connectivity index (χ1v) is 7.43. The van der Waals surface area contributed by atoms with Gasteiger partial charge in [-0.15, -0.1) is 0 Å². The fourth-order valence-electron chi connectivity index (χ4n) is 3.24. The number of hydrogen-bond donors (Lipinski definition) is 2. The van der Waals surface area contributed by atoms with Gasteiger partial charge in [0.15, 0.2) is 0 Å². The molecule has 3 rings (SSSR count). The van der Waals surface area contributed by atoms with E-state index >= 15 is 0 Å². The summed E-state index contributed by atoms with van der Waals surface area (Å²) in [4.78, 5) is 16.8. The molecule has 1 atom stereocenters. The van der Waals surface area contributed by atoms with Gasteiger partial charge >= 0.3 is 0 Å². The number of halogens is 1. The highest BCUT2D eigenvalue weighted by molar-refractivity contribution is 5.95. The van der Waals surface area contributed by atoms with Gasteiger partial charge in [0.1, 0.15) is 5.82 Å². The number of piperazine rings is 1. The molecule has 0 spiro atoms. The second-order valence-electron chi connectivity index (χ2n) is 5.85. The van der Waals surface area contributed by atoms with Crippen molar-refractivity contribution in [3.8, 4) is 0 Å². The Labute approximate surface area is 123 Å². The number of benzene rings is 1. The second-order valence-corrected chi connectivity index (χ2v) is 5.85. The summed E-state index contributed by atoms with van der Waals surface area (Å²) >= 11 is 0. The maximum absolute atomic E-state index is 13.0. The number of rotatable bonds is 3. The number of hydrogen-bond acceptors (Lipinski definition) is 4. The van der Waals surface area contributed by atoms with Crippen LogP contribution in [0.3, 0.4) is 0 Å². The first-order chi connectivity index (χ1) is 10.1. The zero-order chi connectivity index (χ0) is 14.8. The number of nitrogens with one attached hydrogen (secondary N) is 1. The highest BCUT2D eigenvalue weighted by Gasteiger charge is 2.31. The maximum Gasteiger partial charge on any atom is 0.238 e. The van der Waals surface area contributed by atoms with Gasteiger partial charge in [-0.1, -0.05) is 0 Å². The van der Waals surface area contributed by atoms with Gasteiger partial charge in [0.25, 0.3) is 0 Å². The van der Waals surface area contributed by atoms with Gasteiger partial charge in [-0.3, -0.25) is 14.6 Å². The standard InChI is InChI=1S/C15H21FN4O/c16-11-3-4-14(13(17)8-11)18-15(21)10-19-6-7-20-5-1-2-12(20)9-19/h3-4,8,12H,1-2,5-7,9-10,17H2,(H,18,21). The Balaban J connectivity index is 1.54. The van der Waals surface area contributed by atoms with Crippen molar-refractivity contribution in [2.75, 3.05) is 43.8 Å². The van der Waals surface area contributed by atoms with Crippen molar-refractivity contribution < 1.29 is 9.18 Å². The van der Waals surface area contributed by atoms with E-state index < -0.39 is 5.82 Å². The zero-order valence-corrected chi connectivity index (χ0v) is 12.0. The van der Waals surface area contributed by atoms with Crippen molar-refractivity contribution in [1.29, 1.82) is 0 Å². The lowest BCUT2D eigenvalue weighted by Crippen LogP contribution is -2.51. The largest absolute Gasteiger partial charge is 0.397 e. The predicted octanol–water partition coefficient (Wildman–Crippen LogP) is 1.13. The SMILES string of the molecule is Nc1cc(F)ccc1NC(=O)CN1CCN2CCCC2C1. The van der Waals surface area contributed by atoms with E-state index in [-0.39, 0.29) is 11.6 Å². The lowest BCUT2D eigenvalue weighted by molar-refractivity contribution is -0.117. The normalized spacial score (nSPS) is 23.0. The van der Waals surface area contributed by atoms with E-state index in [1.807, 2.05) is 0 Å².